The predicted molar refractivity (Wildman–Crippen MR) is 225 cm³/mol. The Kier molecular flexibility index (Phi) is 10.8. The Labute approximate surface area is 366 Å². The van der Waals surface area contributed by atoms with Crippen molar-refractivity contribution in [2.75, 3.05) is 26.2 Å². The summed E-state index contributed by atoms with van der Waals surface area (Å²) >= 11 is 0. The minimum atomic E-state index is -3.49. The van der Waals surface area contributed by atoms with Gasteiger partial charge in [0.25, 0.3) is 17.7 Å². The van der Waals surface area contributed by atoms with Crippen LogP contribution in [-0.2, 0) is 33.9 Å². The van der Waals surface area contributed by atoms with E-state index >= 15 is 8.78 Å². The molecule has 12 nitrogen and oxygen atoms in total. The molecule has 0 radical (unpaired) electrons. The van der Waals surface area contributed by atoms with Gasteiger partial charge in [-0.2, -0.15) is 0 Å². The molecule has 1 unspecified atom stereocenters. The van der Waals surface area contributed by atoms with E-state index in [1.807, 2.05) is 29.2 Å². The van der Waals surface area contributed by atoms with Gasteiger partial charge in [-0.3, -0.25) is 44.0 Å². The average molecular weight is 883 g/mol. The number of aromatic nitrogens is 1. The maximum Gasteiger partial charge on any atom is 0.283 e. The molecule has 5 aliphatic heterocycles. The number of alkyl halides is 2. The van der Waals surface area contributed by atoms with Crippen LogP contribution in [0.5, 0.6) is 0 Å². The summed E-state index contributed by atoms with van der Waals surface area (Å²) in [7, 11) is 0. The van der Waals surface area contributed by atoms with Gasteiger partial charge in [-0.15, -0.1) is 0 Å². The third-order valence-corrected chi connectivity index (χ3v) is 14.9. The number of H-pyrrole nitrogens is 1. The molecule has 1 aromatic heterocycles. The number of carbonyl (C=O) groups is 5. The van der Waals surface area contributed by atoms with E-state index in [1.54, 1.807) is 19.1 Å². The number of nitrogens with zero attached hydrogens (tertiary/aromatic N) is 4. The van der Waals surface area contributed by atoms with Crippen LogP contribution in [0.1, 0.15) is 124 Å². The summed E-state index contributed by atoms with van der Waals surface area (Å²) in [5.41, 5.74) is 4.66. The Morgan fingerprint density at radius 3 is 2.12 bits per heavy atom. The van der Waals surface area contributed by atoms with E-state index < -0.39 is 72.5 Å². The van der Waals surface area contributed by atoms with Gasteiger partial charge in [0.05, 0.1) is 23.7 Å². The first-order valence-electron chi connectivity index (χ1n) is 22.4. The largest absolute Gasteiger partial charge is 0.390 e. The third kappa shape index (κ3) is 7.31. The van der Waals surface area contributed by atoms with Crippen LogP contribution in [0.3, 0.4) is 0 Å². The maximum absolute atomic E-state index is 16.4. The number of aromatic amines is 1. The minimum Gasteiger partial charge on any atom is -0.390 e. The van der Waals surface area contributed by atoms with Crippen LogP contribution < -0.4 is 5.32 Å². The van der Waals surface area contributed by atoms with Crippen molar-refractivity contribution < 1.29 is 46.6 Å². The molecule has 16 heteroatoms. The van der Waals surface area contributed by atoms with E-state index in [4.69, 9.17) is 0 Å². The van der Waals surface area contributed by atoms with Gasteiger partial charge in [0.15, 0.2) is 0 Å². The molecule has 1 aliphatic carbocycles. The monoisotopic (exact) mass is 882 g/mol. The first-order valence-corrected chi connectivity index (χ1v) is 22.4. The van der Waals surface area contributed by atoms with Crippen LogP contribution in [0.4, 0.5) is 17.6 Å². The molecule has 3 fully saturated rings. The number of likely N-dealkylation sites (tertiary alicyclic amines) is 1. The van der Waals surface area contributed by atoms with Crippen LogP contribution >= 0.6 is 0 Å². The van der Waals surface area contributed by atoms with E-state index in [9.17, 15) is 37.9 Å². The molecule has 336 valence electrons. The van der Waals surface area contributed by atoms with Crippen molar-refractivity contribution in [1.82, 2.24) is 29.9 Å². The second-order valence-corrected chi connectivity index (χ2v) is 18.7. The highest BCUT2D eigenvalue weighted by atomic mass is 19.3. The number of nitrogens with one attached hydrogen (secondary N) is 2. The topological polar surface area (TPSA) is 146 Å². The highest BCUT2D eigenvalue weighted by Crippen LogP contribution is 2.45. The molecule has 6 aliphatic rings. The van der Waals surface area contributed by atoms with Gasteiger partial charge >= 0.3 is 0 Å². The zero-order valence-corrected chi connectivity index (χ0v) is 35.5. The molecule has 0 bridgehead atoms. The number of hydrogen-bond donors (Lipinski definition) is 3. The molecular formula is C48H50F4N6O6. The van der Waals surface area contributed by atoms with Gasteiger partial charge < -0.3 is 15.0 Å². The summed E-state index contributed by atoms with van der Waals surface area (Å²) in [4.78, 5) is 74.6. The molecule has 0 spiro atoms. The fraction of sp³-hybridized carbons (Fsp3) is 0.479. The second kappa shape index (κ2) is 16.2. The molecule has 6 heterocycles. The number of piperidine rings is 2. The lowest BCUT2D eigenvalue weighted by atomic mass is 9.77. The van der Waals surface area contributed by atoms with Gasteiger partial charge in [0.1, 0.15) is 24.3 Å². The van der Waals surface area contributed by atoms with Crippen molar-refractivity contribution >= 4 is 40.4 Å². The highest BCUT2D eigenvalue weighted by molar-refractivity contribution is 6.23. The molecule has 2 saturated heterocycles. The number of aliphatic hydroxyl groups is 1. The number of halogens is 4. The lowest BCUT2D eigenvalue weighted by molar-refractivity contribution is -0.138. The zero-order chi connectivity index (χ0) is 44.8. The number of amides is 5. The number of para-hydroxylation sites is 1. The SMILES string of the molecule is C[C@@H]1Cc2c([nH]c3ccccc23)[C@@H](c2c(F)cc(C3CCC(C(=O)N4CCC(N5Cc6cc7c(cc6C5)C(=O)N(C5CCC(=O)NC5=O)C7=O)CC4)CC3)cc2F)N1CC(F)(F)CO. The van der Waals surface area contributed by atoms with E-state index in [-0.39, 0.29) is 53.3 Å². The zero-order valence-electron chi connectivity index (χ0n) is 35.5. The van der Waals surface area contributed by atoms with Crippen molar-refractivity contribution in [3.8, 4) is 0 Å². The number of carbonyl (C=O) groups excluding carboxylic acids is 5. The minimum absolute atomic E-state index is 0.0562. The number of hydrogen-bond acceptors (Lipinski definition) is 8. The van der Waals surface area contributed by atoms with Crippen LogP contribution in [-0.4, -0.2) is 110 Å². The standard InChI is InChI=1S/C48H50F4N6O6/c1-25-16-33-32-4-2-3-5-38(32)53-42(33)43(57(25)23-48(51,52)24-59)41-36(49)19-28(20-37(41)50)26-6-8-27(9-7-26)45(62)55-14-12-31(13-15-55)56-21-29-17-34-35(18-30(29)22-56)47(64)58(46(34)63)39-10-11-40(60)54-44(39)61/h2-5,17-20,25-27,31,39,43,53,59H,6-16,21-24H2,1H3,(H,54,60,61)/t25-,26?,27?,39?,43-/m1/s1. The molecule has 1 saturated carbocycles. The molecule has 64 heavy (non-hydrogen) atoms. The van der Waals surface area contributed by atoms with E-state index in [0.29, 0.717) is 69.5 Å². The molecule has 10 rings (SSSR count). The average Bonchev–Trinajstić information content (AvgIpc) is 3.94. The number of benzene rings is 3. The number of fused-ring (bicyclic) bond motifs is 5. The lowest BCUT2D eigenvalue weighted by Crippen LogP contribution is -2.54. The van der Waals surface area contributed by atoms with Gasteiger partial charge in [-0.1, -0.05) is 18.2 Å². The van der Waals surface area contributed by atoms with Crippen molar-refractivity contribution in [3.63, 3.8) is 0 Å². The van der Waals surface area contributed by atoms with Crippen molar-refractivity contribution in [3.05, 3.63) is 105 Å². The van der Waals surface area contributed by atoms with Gasteiger partial charge in [-0.05, 0) is 117 Å². The van der Waals surface area contributed by atoms with Gasteiger partial charge in [-0.25, -0.2) is 17.6 Å². The lowest BCUT2D eigenvalue weighted by Gasteiger charge is -2.42. The van der Waals surface area contributed by atoms with Crippen molar-refractivity contribution in [2.24, 2.45) is 5.92 Å². The molecule has 5 amide bonds. The molecule has 3 N–H and O–H groups in total. The quantitative estimate of drug-likeness (QED) is 0.143. The smallest absolute Gasteiger partial charge is 0.283 e. The third-order valence-electron chi connectivity index (χ3n) is 14.9. The summed E-state index contributed by atoms with van der Waals surface area (Å²) in [5, 5.41) is 12.6. The summed E-state index contributed by atoms with van der Waals surface area (Å²) in [6.45, 7) is 1.84. The van der Waals surface area contributed by atoms with Crippen molar-refractivity contribution in [2.45, 2.75) is 114 Å². The highest BCUT2D eigenvalue weighted by Gasteiger charge is 2.47. The fourth-order valence-corrected chi connectivity index (χ4v) is 11.5. The Morgan fingerprint density at radius 1 is 0.859 bits per heavy atom. The Balaban J connectivity index is 0.764. The van der Waals surface area contributed by atoms with Gasteiger partial charge in [0.2, 0.25) is 17.7 Å². The molecule has 3 aromatic carbocycles. The van der Waals surface area contributed by atoms with Crippen LogP contribution in [0, 0.1) is 17.6 Å². The van der Waals surface area contributed by atoms with E-state index in [1.165, 1.54) is 17.0 Å². The Morgan fingerprint density at radius 2 is 1.50 bits per heavy atom. The first-order chi connectivity index (χ1) is 30.7. The summed E-state index contributed by atoms with van der Waals surface area (Å²) in [6, 6.07) is 11.1. The molecular weight excluding hydrogens is 833 g/mol. The number of aliphatic hydroxyl groups excluding tert-OH is 1. The van der Waals surface area contributed by atoms with Crippen molar-refractivity contribution in [1.29, 1.82) is 0 Å². The van der Waals surface area contributed by atoms with Crippen LogP contribution in [0.15, 0.2) is 48.5 Å². The fourth-order valence-electron chi connectivity index (χ4n) is 11.5. The number of rotatable bonds is 8. The summed E-state index contributed by atoms with van der Waals surface area (Å²) < 4.78 is 62.5. The first kappa shape index (κ1) is 42.5. The number of imide groups is 2. The normalized spacial score (nSPS) is 25.8. The van der Waals surface area contributed by atoms with Crippen LogP contribution in [0.2, 0.25) is 0 Å². The van der Waals surface area contributed by atoms with Gasteiger partial charge in [0, 0.05) is 72.8 Å². The maximum atomic E-state index is 16.4. The molecule has 4 aromatic rings. The van der Waals surface area contributed by atoms with E-state index in [2.05, 4.69) is 15.2 Å². The summed E-state index contributed by atoms with van der Waals surface area (Å²) in [5.74, 6) is -7.54. The summed E-state index contributed by atoms with van der Waals surface area (Å²) in [6.07, 6.45) is 4.34. The van der Waals surface area contributed by atoms with Crippen LogP contribution in [0.25, 0.3) is 10.9 Å². The second-order valence-electron chi connectivity index (χ2n) is 18.7. The molecule has 3 atom stereocenters. The predicted octanol–water partition coefficient (Wildman–Crippen LogP) is 6.09. The van der Waals surface area contributed by atoms with E-state index in [0.717, 1.165) is 45.3 Å². The Hall–Kier alpha value is -5.45. The Bertz CT molecular complexity index is 2530.